The van der Waals surface area contributed by atoms with E-state index < -0.39 is 21.7 Å². The van der Waals surface area contributed by atoms with E-state index in [0.717, 1.165) is 15.4 Å². The van der Waals surface area contributed by atoms with Crippen LogP contribution in [-0.4, -0.2) is 52.8 Å². The van der Waals surface area contributed by atoms with E-state index in [0.29, 0.717) is 31.3 Å². The van der Waals surface area contributed by atoms with E-state index in [1.54, 1.807) is 37.7 Å². The van der Waals surface area contributed by atoms with Crippen LogP contribution in [0.15, 0.2) is 41.8 Å². The highest BCUT2D eigenvalue weighted by molar-refractivity contribution is 7.89. The zero-order valence-corrected chi connectivity index (χ0v) is 20.1. The SMILES string of the molecule is CN1C(N)=NC(C)(c2sc3c(C4=CC=C(c5cn[nH]c5)CC4F)nccc3c2Cl)CS1(=O)=O. The Morgan fingerprint density at radius 3 is 2.85 bits per heavy atom. The van der Waals surface area contributed by atoms with E-state index in [4.69, 9.17) is 17.3 Å². The number of fused-ring (bicyclic) bond motifs is 1. The number of guanidine groups is 1. The van der Waals surface area contributed by atoms with Crippen LogP contribution in [0.2, 0.25) is 5.02 Å². The fourth-order valence-electron chi connectivity index (χ4n) is 4.15. The minimum Gasteiger partial charge on any atom is -0.369 e. The Kier molecular flexibility index (Phi) is 5.11. The van der Waals surface area contributed by atoms with Gasteiger partial charge in [-0.3, -0.25) is 10.1 Å². The molecule has 0 saturated carbocycles. The first kappa shape index (κ1) is 22.1. The molecule has 1 aliphatic carbocycles. The van der Waals surface area contributed by atoms with E-state index in [2.05, 4.69) is 20.2 Å². The van der Waals surface area contributed by atoms with Gasteiger partial charge in [-0.25, -0.2) is 22.1 Å². The second-order valence-corrected chi connectivity index (χ2v) is 11.6. The molecular weight excluding hydrogens is 487 g/mol. The zero-order valence-electron chi connectivity index (χ0n) is 17.7. The molecular formula is C21H20ClFN6O2S2. The topological polar surface area (TPSA) is 117 Å². The van der Waals surface area contributed by atoms with Gasteiger partial charge in [0.15, 0.2) is 0 Å². The summed E-state index contributed by atoms with van der Waals surface area (Å²) in [7, 11) is -2.30. The molecule has 0 saturated heterocycles. The molecule has 0 radical (unpaired) electrons. The van der Waals surface area contributed by atoms with Crippen molar-refractivity contribution in [3.05, 3.63) is 58.0 Å². The number of halogens is 2. The largest absolute Gasteiger partial charge is 0.369 e. The summed E-state index contributed by atoms with van der Waals surface area (Å²) in [5, 5.41) is 7.71. The van der Waals surface area contributed by atoms with Crippen molar-refractivity contribution in [1.82, 2.24) is 19.5 Å². The van der Waals surface area contributed by atoms with Crippen LogP contribution in [0.4, 0.5) is 4.39 Å². The van der Waals surface area contributed by atoms with Gasteiger partial charge in [0.05, 0.1) is 32.2 Å². The Labute approximate surface area is 198 Å². The number of nitrogens with two attached hydrogens (primary N) is 1. The molecule has 8 nitrogen and oxygen atoms in total. The number of alkyl halides is 1. The second-order valence-electron chi connectivity index (χ2n) is 8.22. The van der Waals surface area contributed by atoms with Gasteiger partial charge in [-0.15, -0.1) is 11.3 Å². The van der Waals surface area contributed by atoms with Gasteiger partial charge in [-0.1, -0.05) is 23.8 Å². The Morgan fingerprint density at radius 2 is 2.18 bits per heavy atom. The number of allylic oxidation sites excluding steroid dienone is 4. The predicted octanol–water partition coefficient (Wildman–Crippen LogP) is 3.69. The third-order valence-electron chi connectivity index (χ3n) is 5.94. The van der Waals surface area contributed by atoms with Crippen molar-refractivity contribution >= 4 is 60.2 Å². The summed E-state index contributed by atoms with van der Waals surface area (Å²) in [5.74, 6) is -0.385. The molecule has 3 N–H and O–H groups in total. The highest BCUT2D eigenvalue weighted by Crippen LogP contribution is 2.47. The average Bonchev–Trinajstić information content (AvgIpc) is 3.41. The Hall–Kier alpha value is -2.76. The third kappa shape index (κ3) is 3.54. The molecule has 2 unspecified atom stereocenters. The normalized spacial score (nSPS) is 25.0. The lowest BCUT2D eigenvalue weighted by atomic mass is 9.91. The van der Waals surface area contributed by atoms with E-state index in [9.17, 15) is 8.42 Å². The van der Waals surface area contributed by atoms with Crippen LogP contribution in [0, 0.1) is 0 Å². The van der Waals surface area contributed by atoms with Crippen molar-refractivity contribution in [2.45, 2.75) is 25.1 Å². The number of H-pyrrole nitrogens is 1. The van der Waals surface area contributed by atoms with Crippen molar-refractivity contribution in [3.8, 4) is 0 Å². The molecule has 0 fully saturated rings. The number of pyridine rings is 1. The van der Waals surface area contributed by atoms with Crippen molar-refractivity contribution in [1.29, 1.82) is 0 Å². The van der Waals surface area contributed by atoms with Gasteiger partial charge in [0, 0.05) is 42.4 Å². The maximum atomic E-state index is 15.3. The first-order chi connectivity index (χ1) is 15.6. The summed E-state index contributed by atoms with van der Waals surface area (Å²) in [5.41, 5.74) is 7.34. The highest BCUT2D eigenvalue weighted by Gasteiger charge is 2.43. The molecule has 5 rings (SSSR count). The van der Waals surface area contributed by atoms with Gasteiger partial charge in [-0.2, -0.15) is 5.10 Å². The molecule has 0 amide bonds. The molecule has 4 heterocycles. The summed E-state index contributed by atoms with van der Waals surface area (Å²) in [6, 6.07) is 1.74. The predicted molar refractivity (Wildman–Crippen MR) is 129 cm³/mol. The quantitative estimate of drug-likeness (QED) is 0.561. The minimum atomic E-state index is -3.66. The Morgan fingerprint density at radius 1 is 1.39 bits per heavy atom. The molecule has 2 atom stereocenters. The van der Waals surface area contributed by atoms with Crippen molar-refractivity contribution in [2.75, 3.05) is 12.8 Å². The maximum Gasteiger partial charge on any atom is 0.239 e. The fourth-order valence-corrected chi connectivity index (χ4v) is 7.50. The van der Waals surface area contributed by atoms with Crippen LogP contribution in [0.5, 0.6) is 0 Å². The van der Waals surface area contributed by atoms with Gasteiger partial charge < -0.3 is 5.73 Å². The molecule has 3 aromatic rings. The van der Waals surface area contributed by atoms with Crippen LogP contribution < -0.4 is 5.73 Å². The molecule has 0 aromatic carbocycles. The molecule has 2 aliphatic rings. The molecule has 3 aromatic heterocycles. The number of nitrogens with one attached hydrogen (secondary N) is 1. The summed E-state index contributed by atoms with van der Waals surface area (Å²) in [6.45, 7) is 1.69. The Balaban J connectivity index is 1.64. The smallest absolute Gasteiger partial charge is 0.239 e. The number of thiophene rings is 1. The van der Waals surface area contributed by atoms with Gasteiger partial charge in [0.2, 0.25) is 16.0 Å². The molecule has 172 valence electrons. The molecule has 33 heavy (non-hydrogen) atoms. The number of hydrogen-bond acceptors (Lipinski definition) is 7. The standard InChI is InChI=1S/C21H20ClFN6O2S2/c1-21(10-33(30,31)29(2)20(24)28-21)19-16(22)14-5-6-25-17(18(14)32-19)13-4-3-11(7-15(13)23)12-8-26-27-9-12/h3-6,8-9,15H,7,10H2,1-2H3,(H2,24,28)(H,26,27). The lowest BCUT2D eigenvalue weighted by Gasteiger charge is -2.33. The summed E-state index contributed by atoms with van der Waals surface area (Å²) in [4.78, 5) is 9.46. The first-order valence-corrected chi connectivity index (χ1v) is 12.8. The van der Waals surface area contributed by atoms with Crippen LogP contribution >= 0.6 is 22.9 Å². The summed E-state index contributed by atoms with van der Waals surface area (Å²) < 4.78 is 42.2. The number of nitrogens with zero attached hydrogens (tertiary/aromatic N) is 4. The van der Waals surface area contributed by atoms with Crippen LogP contribution in [0.3, 0.4) is 0 Å². The molecule has 12 heteroatoms. The number of aromatic amines is 1. The van der Waals surface area contributed by atoms with Crippen molar-refractivity contribution < 1.29 is 12.8 Å². The summed E-state index contributed by atoms with van der Waals surface area (Å²) >= 11 is 7.99. The third-order valence-corrected chi connectivity index (χ3v) is 9.86. The van der Waals surface area contributed by atoms with Gasteiger partial charge in [0.1, 0.15) is 11.7 Å². The molecule has 1 aliphatic heterocycles. The van der Waals surface area contributed by atoms with E-state index in [1.165, 1.54) is 18.4 Å². The van der Waals surface area contributed by atoms with Crippen LogP contribution in [0.1, 0.15) is 29.5 Å². The zero-order chi connectivity index (χ0) is 23.5. The lowest BCUT2D eigenvalue weighted by Crippen LogP contribution is -2.50. The number of sulfonamides is 1. The summed E-state index contributed by atoms with van der Waals surface area (Å²) in [6.07, 6.45) is 7.48. The van der Waals surface area contributed by atoms with Crippen molar-refractivity contribution in [2.24, 2.45) is 10.7 Å². The monoisotopic (exact) mass is 506 g/mol. The fraction of sp³-hybridized carbons (Fsp3) is 0.286. The molecule has 0 spiro atoms. The Bertz CT molecular complexity index is 1460. The number of hydrogen-bond donors (Lipinski definition) is 2. The first-order valence-electron chi connectivity index (χ1n) is 10.0. The van der Waals surface area contributed by atoms with Crippen LogP contribution in [-0.2, 0) is 15.6 Å². The number of aliphatic imine (C=N–C) groups is 1. The second kappa shape index (κ2) is 7.64. The van der Waals surface area contributed by atoms with E-state index >= 15 is 4.39 Å². The molecule has 0 bridgehead atoms. The average molecular weight is 507 g/mol. The van der Waals surface area contributed by atoms with E-state index in [1.807, 2.05) is 6.08 Å². The maximum absolute atomic E-state index is 15.3. The van der Waals surface area contributed by atoms with Gasteiger partial charge in [0.25, 0.3) is 0 Å². The number of rotatable bonds is 3. The highest BCUT2D eigenvalue weighted by atomic mass is 35.5. The number of aromatic nitrogens is 3. The lowest BCUT2D eigenvalue weighted by molar-refractivity contribution is 0.417. The van der Waals surface area contributed by atoms with Gasteiger partial charge >= 0.3 is 0 Å². The van der Waals surface area contributed by atoms with Crippen molar-refractivity contribution in [3.63, 3.8) is 0 Å². The van der Waals surface area contributed by atoms with E-state index in [-0.39, 0.29) is 18.1 Å². The van der Waals surface area contributed by atoms with Crippen LogP contribution in [0.25, 0.3) is 21.2 Å². The minimum absolute atomic E-state index is 0.105. The van der Waals surface area contributed by atoms with Gasteiger partial charge in [-0.05, 0) is 18.6 Å².